The second-order valence-electron chi connectivity index (χ2n) is 8.47. The summed E-state index contributed by atoms with van der Waals surface area (Å²) in [5, 5.41) is 20.3. The Kier molecular flexibility index (Phi) is 2.97. The minimum atomic E-state index is -0.252. The van der Waals surface area contributed by atoms with E-state index in [2.05, 4.69) is 26.0 Å². The molecule has 0 aromatic carbocycles. The number of aliphatic hydroxyl groups is 2. The number of fused-ring (bicyclic) bond motifs is 5. The number of rotatable bonds is 0. The van der Waals surface area contributed by atoms with Gasteiger partial charge in [0.1, 0.15) is 0 Å². The molecule has 0 radical (unpaired) electrons. The van der Waals surface area contributed by atoms with Crippen molar-refractivity contribution in [1.82, 2.24) is 0 Å². The summed E-state index contributed by atoms with van der Waals surface area (Å²) in [6, 6.07) is 0. The number of hydrogen-bond acceptors (Lipinski definition) is 2. The molecule has 0 heterocycles. The zero-order valence-electron chi connectivity index (χ0n) is 13.2. The maximum atomic E-state index is 10.4. The smallest absolute Gasteiger partial charge is 0.0780 e. The zero-order chi connectivity index (χ0) is 14.8. The van der Waals surface area contributed by atoms with Crippen LogP contribution in [-0.4, -0.2) is 22.4 Å². The first-order chi connectivity index (χ1) is 9.95. The lowest BCUT2D eigenvalue weighted by atomic mass is 9.46. The van der Waals surface area contributed by atoms with Crippen molar-refractivity contribution in [3.63, 3.8) is 0 Å². The van der Waals surface area contributed by atoms with Gasteiger partial charge < -0.3 is 10.2 Å². The van der Waals surface area contributed by atoms with Crippen molar-refractivity contribution in [2.24, 2.45) is 34.5 Å². The van der Waals surface area contributed by atoms with E-state index in [9.17, 15) is 10.2 Å². The maximum absolute atomic E-state index is 10.4. The molecule has 2 fully saturated rings. The third kappa shape index (κ3) is 1.78. The molecule has 0 spiro atoms. The lowest BCUT2D eigenvalue weighted by Crippen LogP contribution is -2.53. The van der Waals surface area contributed by atoms with E-state index in [0.717, 1.165) is 12.8 Å². The van der Waals surface area contributed by atoms with Gasteiger partial charge in [-0.2, -0.15) is 0 Å². The molecule has 0 aromatic heterocycles. The Morgan fingerprint density at radius 3 is 2.62 bits per heavy atom. The summed E-state index contributed by atoms with van der Waals surface area (Å²) >= 11 is 0. The average Bonchev–Trinajstić information content (AvgIpc) is 2.76. The van der Waals surface area contributed by atoms with E-state index in [0.29, 0.717) is 23.7 Å². The Balaban J connectivity index is 1.68. The predicted molar refractivity (Wildman–Crippen MR) is 83.6 cm³/mol. The topological polar surface area (TPSA) is 40.5 Å². The van der Waals surface area contributed by atoms with Crippen LogP contribution in [0.25, 0.3) is 0 Å². The number of hydrogen-bond donors (Lipinski definition) is 2. The molecule has 8 atom stereocenters. The van der Waals surface area contributed by atoms with Crippen LogP contribution in [0.5, 0.6) is 0 Å². The molecule has 0 saturated heterocycles. The van der Waals surface area contributed by atoms with Gasteiger partial charge in [-0.1, -0.05) is 38.2 Å². The van der Waals surface area contributed by atoms with Crippen LogP contribution in [0.15, 0.2) is 24.3 Å². The SMILES string of the molecule is C[C@]12C=C[C@H](O)C[C@H]1CC[C@@H]1[C@@H]2CC[C@]2(C)[C@@H](O)C=C[C@@H]12. The summed E-state index contributed by atoms with van der Waals surface area (Å²) < 4.78 is 0. The highest BCUT2D eigenvalue weighted by Crippen LogP contribution is 2.63. The van der Waals surface area contributed by atoms with Gasteiger partial charge in [0.15, 0.2) is 0 Å². The van der Waals surface area contributed by atoms with E-state index in [-0.39, 0.29) is 23.0 Å². The van der Waals surface area contributed by atoms with Gasteiger partial charge in [-0.15, -0.1) is 0 Å². The Morgan fingerprint density at radius 2 is 1.81 bits per heavy atom. The first kappa shape index (κ1) is 14.0. The molecule has 2 heteroatoms. The minimum absolute atomic E-state index is 0.0717. The van der Waals surface area contributed by atoms with E-state index >= 15 is 0 Å². The maximum Gasteiger partial charge on any atom is 0.0780 e. The van der Waals surface area contributed by atoms with Crippen LogP contribution in [0.4, 0.5) is 0 Å². The van der Waals surface area contributed by atoms with Crippen molar-refractivity contribution in [2.75, 3.05) is 0 Å². The Labute approximate surface area is 127 Å². The Bertz CT molecular complexity index is 496. The summed E-state index contributed by atoms with van der Waals surface area (Å²) in [5.74, 6) is 2.61. The molecule has 2 saturated carbocycles. The van der Waals surface area contributed by atoms with Gasteiger partial charge in [0.2, 0.25) is 0 Å². The molecular weight excluding hydrogens is 260 g/mol. The highest BCUT2D eigenvalue weighted by Gasteiger charge is 2.57. The van der Waals surface area contributed by atoms with E-state index in [1.54, 1.807) is 0 Å². The van der Waals surface area contributed by atoms with E-state index in [1.807, 2.05) is 12.2 Å². The molecule has 0 amide bonds. The summed E-state index contributed by atoms with van der Waals surface area (Å²) in [6.45, 7) is 4.71. The molecule has 0 aromatic rings. The van der Waals surface area contributed by atoms with E-state index in [4.69, 9.17) is 0 Å². The molecule has 0 bridgehead atoms. The fourth-order valence-corrected chi connectivity index (χ4v) is 6.22. The van der Waals surface area contributed by atoms with Crippen LogP contribution in [0.1, 0.15) is 46.0 Å². The number of aliphatic hydroxyl groups excluding tert-OH is 2. The zero-order valence-corrected chi connectivity index (χ0v) is 13.2. The minimum Gasteiger partial charge on any atom is -0.389 e. The lowest BCUT2D eigenvalue weighted by molar-refractivity contribution is -0.0920. The van der Waals surface area contributed by atoms with Gasteiger partial charge in [0, 0.05) is 5.41 Å². The third-order valence-electron chi connectivity index (χ3n) is 7.64. The fraction of sp³-hybridized carbons (Fsp3) is 0.789. The number of allylic oxidation sites excluding steroid dienone is 2. The van der Waals surface area contributed by atoms with E-state index < -0.39 is 0 Å². The van der Waals surface area contributed by atoms with Crippen LogP contribution >= 0.6 is 0 Å². The normalized spacial score (nSPS) is 58.5. The summed E-state index contributed by atoms with van der Waals surface area (Å²) in [4.78, 5) is 0. The largest absolute Gasteiger partial charge is 0.389 e. The second kappa shape index (κ2) is 4.45. The standard InChI is InChI=1S/C19H28O2/c1-18-9-7-13(20)11-12(18)3-4-14-15-5-6-17(21)19(15,2)10-8-16(14)18/h5-7,9,12-17,20-21H,3-4,8,10-11H2,1-2H3/t12-,13+,14+,15+,16+,17+,18+,19+/m1/s1. The van der Waals surface area contributed by atoms with Gasteiger partial charge in [0.25, 0.3) is 0 Å². The first-order valence-corrected chi connectivity index (χ1v) is 8.69. The van der Waals surface area contributed by atoms with Gasteiger partial charge >= 0.3 is 0 Å². The van der Waals surface area contributed by atoms with Crippen molar-refractivity contribution in [3.8, 4) is 0 Å². The molecule has 116 valence electrons. The van der Waals surface area contributed by atoms with Crippen LogP contribution in [0, 0.1) is 34.5 Å². The summed E-state index contributed by atoms with van der Waals surface area (Å²) in [6.07, 6.45) is 14.0. The highest BCUT2D eigenvalue weighted by atomic mass is 16.3. The van der Waals surface area contributed by atoms with Crippen LogP contribution in [-0.2, 0) is 0 Å². The molecule has 0 aliphatic heterocycles. The molecule has 21 heavy (non-hydrogen) atoms. The summed E-state index contributed by atoms with van der Waals surface area (Å²) in [5.41, 5.74) is 0.327. The van der Waals surface area contributed by atoms with Crippen molar-refractivity contribution >= 4 is 0 Å². The molecule has 0 unspecified atom stereocenters. The van der Waals surface area contributed by atoms with Gasteiger partial charge in [-0.25, -0.2) is 0 Å². The van der Waals surface area contributed by atoms with Crippen LogP contribution in [0.2, 0.25) is 0 Å². The van der Waals surface area contributed by atoms with Crippen molar-refractivity contribution in [3.05, 3.63) is 24.3 Å². The monoisotopic (exact) mass is 288 g/mol. The molecule has 4 rings (SSSR count). The van der Waals surface area contributed by atoms with Crippen molar-refractivity contribution in [2.45, 2.75) is 58.2 Å². The molecule has 2 nitrogen and oxygen atoms in total. The predicted octanol–water partition coefficient (Wildman–Crippen LogP) is 3.30. The molecule has 2 N–H and O–H groups in total. The quantitative estimate of drug-likeness (QED) is 0.671. The lowest BCUT2D eigenvalue weighted by Gasteiger charge is -2.58. The van der Waals surface area contributed by atoms with Crippen molar-refractivity contribution < 1.29 is 10.2 Å². The fourth-order valence-electron chi connectivity index (χ4n) is 6.22. The molecule has 4 aliphatic carbocycles. The first-order valence-electron chi connectivity index (χ1n) is 8.69. The van der Waals surface area contributed by atoms with Crippen LogP contribution in [0.3, 0.4) is 0 Å². The Morgan fingerprint density at radius 1 is 1.00 bits per heavy atom. The average molecular weight is 288 g/mol. The molecule has 4 aliphatic rings. The molecular formula is C19H28O2. The van der Waals surface area contributed by atoms with Crippen LogP contribution < -0.4 is 0 Å². The van der Waals surface area contributed by atoms with Gasteiger partial charge in [0.05, 0.1) is 12.2 Å². The van der Waals surface area contributed by atoms with Gasteiger partial charge in [-0.3, -0.25) is 0 Å². The van der Waals surface area contributed by atoms with Gasteiger partial charge in [-0.05, 0) is 61.2 Å². The second-order valence-corrected chi connectivity index (χ2v) is 8.47. The highest BCUT2D eigenvalue weighted by molar-refractivity contribution is 5.22. The Hall–Kier alpha value is -0.600. The summed E-state index contributed by atoms with van der Waals surface area (Å²) in [7, 11) is 0. The van der Waals surface area contributed by atoms with Crippen molar-refractivity contribution in [1.29, 1.82) is 0 Å². The third-order valence-corrected chi connectivity index (χ3v) is 7.64. The van der Waals surface area contributed by atoms with E-state index in [1.165, 1.54) is 19.3 Å².